The summed E-state index contributed by atoms with van der Waals surface area (Å²) in [6.07, 6.45) is 4.05. The molecule has 0 unspecified atom stereocenters. The summed E-state index contributed by atoms with van der Waals surface area (Å²) in [6.45, 7) is 5.08. The highest BCUT2D eigenvalue weighted by Crippen LogP contribution is 2.21. The molecule has 0 amide bonds. The van der Waals surface area contributed by atoms with E-state index in [2.05, 4.69) is 90.2 Å². The number of aryl methyl sites for hydroxylation is 2. The Kier molecular flexibility index (Phi) is 4.10. The van der Waals surface area contributed by atoms with Crippen molar-refractivity contribution in [3.63, 3.8) is 0 Å². The Hall–Kier alpha value is -1.62. The normalized spacial score (nSPS) is 10.8. The van der Waals surface area contributed by atoms with E-state index < -0.39 is 0 Å². The molecule has 2 nitrogen and oxygen atoms in total. The van der Waals surface area contributed by atoms with Crippen molar-refractivity contribution in [2.45, 2.75) is 20.4 Å². The van der Waals surface area contributed by atoms with E-state index in [-0.39, 0.29) is 0 Å². The number of aromatic nitrogens is 2. The van der Waals surface area contributed by atoms with Gasteiger partial charge in [0.15, 0.2) is 0 Å². The molecule has 1 heterocycles. The standard InChI is InChI=1S/C18H17IN2/c1-13-6-14(2)8-15(7-13)11-21-12-17(10-20-21)16-4-3-5-18(19)9-16/h3-10,12H,11H2,1-2H3. The lowest BCUT2D eigenvalue weighted by molar-refractivity contribution is 0.686. The lowest BCUT2D eigenvalue weighted by Gasteiger charge is -2.05. The zero-order valence-corrected chi connectivity index (χ0v) is 14.3. The predicted molar refractivity (Wildman–Crippen MR) is 95.4 cm³/mol. The molecule has 0 fully saturated rings. The van der Waals surface area contributed by atoms with E-state index in [1.165, 1.54) is 25.8 Å². The van der Waals surface area contributed by atoms with Gasteiger partial charge in [-0.15, -0.1) is 0 Å². The summed E-state index contributed by atoms with van der Waals surface area (Å²) in [4.78, 5) is 0. The Morgan fingerprint density at radius 3 is 2.48 bits per heavy atom. The van der Waals surface area contributed by atoms with Gasteiger partial charge in [0.2, 0.25) is 0 Å². The van der Waals surface area contributed by atoms with E-state index in [0.29, 0.717) is 0 Å². The maximum absolute atomic E-state index is 4.49. The van der Waals surface area contributed by atoms with E-state index in [4.69, 9.17) is 0 Å². The fourth-order valence-corrected chi connectivity index (χ4v) is 3.16. The van der Waals surface area contributed by atoms with Gasteiger partial charge in [0.1, 0.15) is 0 Å². The van der Waals surface area contributed by atoms with Crippen LogP contribution in [0.2, 0.25) is 0 Å². The molecule has 0 bridgehead atoms. The first-order valence-corrected chi connectivity index (χ1v) is 8.03. The summed E-state index contributed by atoms with van der Waals surface area (Å²) in [5.41, 5.74) is 6.28. The van der Waals surface area contributed by atoms with Crippen LogP contribution >= 0.6 is 22.6 Å². The molecule has 1 aromatic heterocycles. The van der Waals surface area contributed by atoms with Gasteiger partial charge < -0.3 is 0 Å². The molecule has 3 aromatic rings. The third-order valence-corrected chi connectivity index (χ3v) is 4.09. The van der Waals surface area contributed by atoms with Crippen LogP contribution in [0.15, 0.2) is 54.9 Å². The zero-order valence-electron chi connectivity index (χ0n) is 12.2. The summed E-state index contributed by atoms with van der Waals surface area (Å²) in [6, 6.07) is 15.1. The first-order valence-electron chi connectivity index (χ1n) is 6.96. The quantitative estimate of drug-likeness (QED) is 0.589. The van der Waals surface area contributed by atoms with Gasteiger partial charge in [-0.3, -0.25) is 4.68 Å². The summed E-state index contributed by atoms with van der Waals surface area (Å²) >= 11 is 2.34. The van der Waals surface area contributed by atoms with E-state index in [0.717, 1.165) is 12.1 Å². The fourth-order valence-electron chi connectivity index (χ4n) is 2.61. The van der Waals surface area contributed by atoms with Gasteiger partial charge in [-0.05, 0) is 59.7 Å². The molecule has 0 radical (unpaired) electrons. The summed E-state index contributed by atoms with van der Waals surface area (Å²) in [7, 11) is 0. The van der Waals surface area contributed by atoms with Gasteiger partial charge in [0.05, 0.1) is 12.7 Å². The van der Waals surface area contributed by atoms with Crippen molar-refractivity contribution in [3.8, 4) is 11.1 Å². The summed E-state index contributed by atoms with van der Waals surface area (Å²) < 4.78 is 3.25. The van der Waals surface area contributed by atoms with Crippen LogP contribution in [0.3, 0.4) is 0 Å². The molecular weight excluding hydrogens is 371 g/mol. The van der Waals surface area contributed by atoms with Gasteiger partial charge in [0, 0.05) is 15.3 Å². The Morgan fingerprint density at radius 1 is 1.00 bits per heavy atom. The van der Waals surface area contributed by atoms with Crippen LogP contribution < -0.4 is 0 Å². The monoisotopic (exact) mass is 388 g/mol. The Balaban J connectivity index is 1.85. The van der Waals surface area contributed by atoms with Gasteiger partial charge >= 0.3 is 0 Å². The number of hydrogen-bond acceptors (Lipinski definition) is 1. The van der Waals surface area contributed by atoms with Gasteiger partial charge in [0.25, 0.3) is 0 Å². The van der Waals surface area contributed by atoms with Gasteiger partial charge in [-0.1, -0.05) is 41.5 Å². The van der Waals surface area contributed by atoms with Crippen molar-refractivity contribution in [1.82, 2.24) is 9.78 Å². The number of benzene rings is 2. The van der Waals surface area contributed by atoms with Crippen molar-refractivity contribution in [1.29, 1.82) is 0 Å². The average molecular weight is 388 g/mol. The predicted octanol–water partition coefficient (Wildman–Crippen LogP) is 4.82. The molecule has 0 N–H and O–H groups in total. The molecule has 0 aliphatic rings. The first kappa shape index (κ1) is 14.3. The van der Waals surface area contributed by atoms with E-state index in [1.807, 2.05) is 10.9 Å². The molecular formula is C18H17IN2. The average Bonchev–Trinajstić information content (AvgIpc) is 2.86. The molecule has 0 spiro atoms. The van der Waals surface area contributed by atoms with Crippen LogP contribution in [-0.2, 0) is 6.54 Å². The first-order chi connectivity index (χ1) is 10.1. The van der Waals surface area contributed by atoms with Crippen LogP contribution in [0.25, 0.3) is 11.1 Å². The van der Waals surface area contributed by atoms with Crippen molar-refractivity contribution >= 4 is 22.6 Å². The second-order valence-electron chi connectivity index (χ2n) is 5.43. The maximum Gasteiger partial charge on any atom is 0.0659 e. The second-order valence-corrected chi connectivity index (χ2v) is 6.68. The topological polar surface area (TPSA) is 17.8 Å². The molecule has 0 aliphatic carbocycles. The number of nitrogens with zero attached hydrogens (tertiary/aromatic N) is 2. The van der Waals surface area contributed by atoms with Crippen LogP contribution in [-0.4, -0.2) is 9.78 Å². The molecule has 3 rings (SSSR count). The zero-order chi connectivity index (χ0) is 14.8. The van der Waals surface area contributed by atoms with Crippen molar-refractivity contribution < 1.29 is 0 Å². The van der Waals surface area contributed by atoms with E-state index >= 15 is 0 Å². The van der Waals surface area contributed by atoms with Crippen LogP contribution in [0.4, 0.5) is 0 Å². The molecule has 0 saturated heterocycles. The van der Waals surface area contributed by atoms with Crippen LogP contribution in [0, 0.1) is 17.4 Å². The highest BCUT2D eigenvalue weighted by molar-refractivity contribution is 14.1. The minimum absolute atomic E-state index is 0.812. The third kappa shape index (κ3) is 3.53. The number of rotatable bonds is 3. The lowest BCUT2D eigenvalue weighted by atomic mass is 10.1. The highest BCUT2D eigenvalue weighted by Gasteiger charge is 2.04. The van der Waals surface area contributed by atoms with Gasteiger partial charge in [-0.2, -0.15) is 5.10 Å². The molecule has 0 aliphatic heterocycles. The summed E-state index contributed by atoms with van der Waals surface area (Å²) in [5.74, 6) is 0. The van der Waals surface area contributed by atoms with Crippen LogP contribution in [0.1, 0.15) is 16.7 Å². The third-order valence-electron chi connectivity index (χ3n) is 3.42. The molecule has 0 saturated carbocycles. The summed E-state index contributed by atoms with van der Waals surface area (Å²) in [5, 5.41) is 4.49. The van der Waals surface area contributed by atoms with Crippen molar-refractivity contribution in [2.24, 2.45) is 0 Å². The van der Waals surface area contributed by atoms with Crippen molar-refractivity contribution in [2.75, 3.05) is 0 Å². The number of hydrogen-bond donors (Lipinski definition) is 0. The smallest absolute Gasteiger partial charge is 0.0659 e. The minimum Gasteiger partial charge on any atom is -0.268 e. The highest BCUT2D eigenvalue weighted by atomic mass is 127. The molecule has 3 heteroatoms. The van der Waals surface area contributed by atoms with Crippen LogP contribution in [0.5, 0.6) is 0 Å². The molecule has 106 valence electrons. The molecule has 0 atom stereocenters. The lowest BCUT2D eigenvalue weighted by Crippen LogP contribution is -2.00. The molecule has 2 aromatic carbocycles. The fraction of sp³-hybridized carbons (Fsp3) is 0.167. The molecule has 21 heavy (non-hydrogen) atoms. The Labute approximate surface area is 139 Å². The Morgan fingerprint density at radius 2 is 1.76 bits per heavy atom. The maximum atomic E-state index is 4.49. The van der Waals surface area contributed by atoms with E-state index in [1.54, 1.807) is 0 Å². The number of halogens is 1. The van der Waals surface area contributed by atoms with Gasteiger partial charge in [-0.25, -0.2) is 0 Å². The largest absolute Gasteiger partial charge is 0.268 e. The van der Waals surface area contributed by atoms with Crippen molar-refractivity contribution in [3.05, 3.63) is 75.1 Å². The minimum atomic E-state index is 0.812. The van der Waals surface area contributed by atoms with E-state index in [9.17, 15) is 0 Å². The SMILES string of the molecule is Cc1cc(C)cc(Cn2cc(-c3cccc(I)c3)cn2)c1. The Bertz CT molecular complexity index is 754. The second kappa shape index (κ2) is 6.02.